The van der Waals surface area contributed by atoms with Gasteiger partial charge in [0.25, 0.3) is 0 Å². The lowest BCUT2D eigenvalue weighted by Gasteiger charge is -2.00. The van der Waals surface area contributed by atoms with Crippen molar-refractivity contribution in [3.8, 4) is 0 Å². The average Bonchev–Trinajstić information content (AvgIpc) is 2.86. The molecule has 0 fully saturated rings. The summed E-state index contributed by atoms with van der Waals surface area (Å²) >= 11 is 0. The van der Waals surface area contributed by atoms with E-state index in [1.54, 1.807) is 14.2 Å². The van der Waals surface area contributed by atoms with Crippen molar-refractivity contribution in [3.63, 3.8) is 0 Å². The normalized spacial score (nSPS) is 7.75. The van der Waals surface area contributed by atoms with Gasteiger partial charge in [-0.3, -0.25) is 0 Å². The van der Waals surface area contributed by atoms with Crippen molar-refractivity contribution in [2.24, 2.45) is 0 Å². The van der Waals surface area contributed by atoms with Crippen molar-refractivity contribution < 1.29 is 9.05 Å². The van der Waals surface area contributed by atoms with Gasteiger partial charge in [0.1, 0.15) is 0 Å². The molecule has 0 aliphatic heterocycles. The highest BCUT2D eigenvalue weighted by molar-refractivity contribution is 7.50. The SMILES string of the molecule is C.CC.CC.CC.CC.COP(C)C.COP(C)C.c1ccc(Cc2ccccc2)cc1. The number of rotatable bonds is 4. The summed E-state index contributed by atoms with van der Waals surface area (Å²) in [7, 11) is 3.26. The molecule has 0 amide bonds. The van der Waals surface area contributed by atoms with E-state index in [4.69, 9.17) is 9.05 Å². The molecule has 0 aliphatic rings. The summed E-state index contributed by atoms with van der Waals surface area (Å²) in [6.45, 7) is 24.3. The van der Waals surface area contributed by atoms with Gasteiger partial charge in [-0.15, -0.1) is 0 Å². The minimum Gasteiger partial charge on any atom is -0.363 e. The van der Waals surface area contributed by atoms with Gasteiger partial charge in [0.15, 0.2) is 0 Å². The number of benzene rings is 2. The van der Waals surface area contributed by atoms with E-state index in [9.17, 15) is 0 Å². The molecule has 0 radical (unpaired) electrons. The molecule has 0 saturated heterocycles. The Morgan fingerprint density at radius 3 is 0.844 bits per heavy atom. The summed E-state index contributed by atoms with van der Waals surface area (Å²) in [4.78, 5) is 0. The first-order chi connectivity index (χ1) is 15.0. The third-order valence-corrected chi connectivity index (χ3v) is 4.28. The number of hydrogen-bond donors (Lipinski definition) is 0. The molecule has 0 spiro atoms. The van der Waals surface area contributed by atoms with Gasteiger partial charge in [0.2, 0.25) is 0 Å². The molecule has 0 aromatic heterocycles. The largest absolute Gasteiger partial charge is 0.363 e. The smallest absolute Gasteiger partial charge is 0.0397 e. The Kier molecular flexibility index (Phi) is 61.6. The van der Waals surface area contributed by atoms with E-state index in [1.165, 1.54) is 11.1 Å². The van der Waals surface area contributed by atoms with Crippen LogP contribution in [-0.4, -0.2) is 40.9 Å². The van der Waals surface area contributed by atoms with Crippen LogP contribution in [0.2, 0.25) is 0 Å². The summed E-state index contributed by atoms with van der Waals surface area (Å²) < 4.78 is 9.63. The van der Waals surface area contributed by atoms with Crippen molar-refractivity contribution in [3.05, 3.63) is 71.8 Å². The fraction of sp³-hybridized carbons (Fsp3) is 0.571. The summed E-state index contributed by atoms with van der Waals surface area (Å²) in [5.74, 6) is 0. The van der Waals surface area contributed by atoms with Crippen molar-refractivity contribution in [1.29, 1.82) is 0 Å². The van der Waals surface area contributed by atoms with Crippen molar-refractivity contribution in [2.45, 2.75) is 69.2 Å². The van der Waals surface area contributed by atoms with Gasteiger partial charge in [-0.1, -0.05) is 123 Å². The minimum atomic E-state index is -0.0983. The first-order valence-corrected chi connectivity index (χ1v) is 15.8. The lowest BCUT2D eigenvalue weighted by molar-refractivity contribution is 0.468. The summed E-state index contributed by atoms with van der Waals surface area (Å²) in [5.41, 5.74) is 2.74. The van der Waals surface area contributed by atoms with E-state index < -0.39 is 0 Å². The van der Waals surface area contributed by atoms with E-state index in [2.05, 4.69) is 87.3 Å². The quantitative estimate of drug-likeness (QED) is 0.398. The maximum Gasteiger partial charge on any atom is 0.0397 e. The lowest BCUT2D eigenvalue weighted by Crippen LogP contribution is -1.85. The molecule has 0 atom stereocenters. The molecule has 192 valence electrons. The Morgan fingerprint density at radius 2 is 0.688 bits per heavy atom. The summed E-state index contributed by atoms with van der Waals surface area (Å²) in [5, 5.41) is 0. The van der Waals surface area contributed by atoms with Gasteiger partial charge < -0.3 is 9.05 Å². The zero-order valence-corrected chi connectivity index (χ0v) is 25.0. The second-order valence-corrected chi connectivity index (χ2v) is 9.12. The van der Waals surface area contributed by atoms with Crippen LogP contribution in [0.3, 0.4) is 0 Å². The molecular weight excluding hydrogens is 430 g/mol. The molecule has 2 aromatic rings. The van der Waals surface area contributed by atoms with Crippen LogP contribution in [0.5, 0.6) is 0 Å². The van der Waals surface area contributed by atoms with Gasteiger partial charge in [-0.25, -0.2) is 0 Å². The van der Waals surface area contributed by atoms with Crippen molar-refractivity contribution >= 4 is 16.3 Å². The van der Waals surface area contributed by atoms with Crippen LogP contribution in [0.15, 0.2) is 60.7 Å². The Morgan fingerprint density at radius 1 is 0.500 bits per heavy atom. The van der Waals surface area contributed by atoms with E-state index in [1.807, 2.05) is 55.4 Å². The highest BCUT2D eigenvalue weighted by atomic mass is 31.1. The summed E-state index contributed by atoms with van der Waals surface area (Å²) in [6.07, 6.45) is 1.03. The highest BCUT2D eigenvalue weighted by Gasteiger charge is 1.92. The van der Waals surface area contributed by atoms with E-state index in [-0.39, 0.29) is 23.7 Å². The summed E-state index contributed by atoms with van der Waals surface area (Å²) in [6, 6.07) is 21.1. The number of hydrogen-bond acceptors (Lipinski definition) is 2. The predicted molar refractivity (Wildman–Crippen MR) is 159 cm³/mol. The molecule has 0 aliphatic carbocycles. The van der Waals surface area contributed by atoms with Crippen LogP contribution < -0.4 is 0 Å². The molecule has 2 rings (SSSR count). The molecule has 0 bridgehead atoms. The molecule has 2 nitrogen and oxygen atoms in total. The minimum absolute atomic E-state index is 0. The van der Waals surface area contributed by atoms with E-state index in [0.29, 0.717) is 0 Å². The van der Waals surface area contributed by atoms with Crippen LogP contribution in [0, 0.1) is 0 Å². The lowest BCUT2D eigenvalue weighted by atomic mass is 10.1. The van der Waals surface area contributed by atoms with Gasteiger partial charge in [-0.2, -0.15) is 0 Å². The second kappa shape index (κ2) is 44.0. The van der Waals surface area contributed by atoms with Crippen LogP contribution in [0.4, 0.5) is 0 Å². The monoisotopic (exact) mass is 488 g/mol. The predicted octanol–water partition coefficient (Wildman–Crippen LogP) is 10.6. The third-order valence-electron chi connectivity index (χ3n) is 2.82. The first-order valence-electron chi connectivity index (χ1n) is 11.5. The Bertz CT molecular complexity index is 430. The maximum atomic E-state index is 4.81. The van der Waals surface area contributed by atoms with Crippen LogP contribution in [0.25, 0.3) is 0 Å². The molecule has 0 N–H and O–H groups in total. The van der Waals surface area contributed by atoms with Crippen LogP contribution in [0.1, 0.15) is 73.9 Å². The third kappa shape index (κ3) is 43.2. The molecule has 0 unspecified atom stereocenters. The Hall–Kier alpha value is -0.780. The maximum absolute atomic E-state index is 4.81. The molecule has 32 heavy (non-hydrogen) atoms. The Balaban J connectivity index is -0.0000000758. The van der Waals surface area contributed by atoms with E-state index in [0.717, 1.165) is 6.42 Å². The molecule has 4 heteroatoms. The molecular formula is C28H58O2P2. The fourth-order valence-electron chi connectivity index (χ4n) is 1.43. The van der Waals surface area contributed by atoms with Gasteiger partial charge in [-0.05, 0) is 44.2 Å². The molecule has 2 aromatic carbocycles. The molecule has 0 heterocycles. The molecule has 0 saturated carbocycles. The fourth-order valence-corrected chi connectivity index (χ4v) is 1.43. The van der Waals surface area contributed by atoms with Crippen molar-refractivity contribution in [2.75, 3.05) is 40.9 Å². The van der Waals surface area contributed by atoms with Gasteiger partial charge >= 0.3 is 0 Å². The zero-order valence-electron chi connectivity index (χ0n) is 23.2. The van der Waals surface area contributed by atoms with Gasteiger partial charge in [0.05, 0.1) is 0 Å². The topological polar surface area (TPSA) is 18.5 Å². The average molecular weight is 489 g/mol. The second-order valence-electron chi connectivity index (χ2n) is 5.14. The zero-order chi connectivity index (χ0) is 25.5. The first kappa shape index (κ1) is 44.8. The van der Waals surface area contributed by atoms with Crippen molar-refractivity contribution in [1.82, 2.24) is 0 Å². The highest BCUT2D eigenvalue weighted by Crippen LogP contribution is 2.23. The van der Waals surface area contributed by atoms with E-state index >= 15 is 0 Å². The standard InChI is InChI=1S/C13H12.2C3H9OP.4C2H6.CH4/c1-3-7-12(8-4-1)11-13-9-5-2-6-10-13;2*1-4-5(2)3;4*1-2;/h1-10H,11H2;2*1-3H3;4*1-2H3;1H4. The Labute approximate surface area is 207 Å². The van der Waals surface area contributed by atoms with Crippen LogP contribution in [-0.2, 0) is 15.5 Å². The van der Waals surface area contributed by atoms with Gasteiger partial charge in [0, 0.05) is 30.5 Å². The van der Waals surface area contributed by atoms with Crippen LogP contribution >= 0.6 is 16.3 Å².